The van der Waals surface area contributed by atoms with Gasteiger partial charge in [-0.3, -0.25) is 4.79 Å². The molecule has 1 aromatic carbocycles. The van der Waals surface area contributed by atoms with Crippen molar-refractivity contribution in [3.05, 3.63) is 41.7 Å². The van der Waals surface area contributed by atoms with E-state index in [1.54, 1.807) is 11.0 Å². The van der Waals surface area contributed by atoms with Gasteiger partial charge in [-0.2, -0.15) is 0 Å². The van der Waals surface area contributed by atoms with Crippen LogP contribution in [0, 0.1) is 12.8 Å². The minimum atomic E-state index is -3.23. The van der Waals surface area contributed by atoms with E-state index in [0.717, 1.165) is 30.2 Å². The Morgan fingerprint density at radius 2 is 2.08 bits per heavy atom. The van der Waals surface area contributed by atoms with Crippen molar-refractivity contribution in [2.24, 2.45) is 5.92 Å². The number of hydrogen-bond donors (Lipinski definition) is 1. The minimum Gasteiger partial charge on any atom is -0.350 e. The molecule has 2 aromatic rings. The molecule has 0 spiro atoms. The number of aryl methyl sites for hydroxylation is 1. The van der Waals surface area contributed by atoms with Crippen LogP contribution in [0.25, 0.3) is 11.3 Å². The summed E-state index contributed by atoms with van der Waals surface area (Å²) in [5, 5.41) is 4.01. The number of benzene rings is 1. The number of piperidine rings is 1. The van der Waals surface area contributed by atoms with Crippen molar-refractivity contribution in [1.29, 1.82) is 0 Å². The van der Waals surface area contributed by atoms with Crippen LogP contribution in [0.1, 0.15) is 29.0 Å². The summed E-state index contributed by atoms with van der Waals surface area (Å²) in [4.78, 5) is 14.4. The molecule has 0 aliphatic carbocycles. The molecular weight excluding hydrogens is 354 g/mol. The van der Waals surface area contributed by atoms with Crippen molar-refractivity contribution in [3.8, 4) is 11.3 Å². The molecule has 1 aliphatic rings. The van der Waals surface area contributed by atoms with Crippen LogP contribution in [0.3, 0.4) is 0 Å². The molecule has 8 heteroatoms. The van der Waals surface area contributed by atoms with E-state index < -0.39 is 10.0 Å². The van der Waals surface area contributed by atoms with Crippen LogP contribution >= 0.6 is 0 Å². The number of nitrogens with zero attached hydrogens (tertiary/aromatic N) is 2. The first kappa shape index (κ1) is 18.6. The third-order valence-electron chi connectivity index (χ3n) is 4.51. The molecule has 0 saturated carbocycles. The summed E-state index contributed by atoms with van der Waals surface area (Å²) >= 11 is 0. The normalized spacial score (nSPS) is 18.1. The Balaban J connectivity index is 1.66. The predicted molar refractivity (Wildman–Crippen MR) is 98.2 cm³/mol. The second-order valence-electron chi connectivity index (χ2n) is 6.82. The fourth-order valence-electron chi connectivity index (χ4n) is 3.08. The molecular formula is C18H23N3O4S. The maximum Gasteiger partial charge on any atom is 0.292 e. The molecule has 1 fully saturated rings. The van der Waals surface area contributed by atoms with Gasteiger partial charge in [-0.15, -0.1) is 0 Å². The van der Waals surface area contributed by atoms with Gasteiger partial charge in [0, 0.05) is 31.3 Å². The van der Waals surface area contributed by atoms with Crippen molar-refractivity contribution in [3.63, 3.8) is 0 Å². The molecule has 7 nitrogen and oxygen atoms in total. The maximum absolute atomic E-state index is 12.7. The molecule has 0 radical (unpaired) electrons. The average molecular weight is 377 g/mol. The summed E-state index contributed by atoms with van der Waals surface area (Å²) in [6.07, 6.45) is 2.86. The van der Waals surface area contributed by atoms with Crippen LogP contribution in [0.4, 0.5) is 0 Å². The lowest BCUT2D eigenvalue weighted by Gasteiger charge is -2.32. The third kappa shape index (κ3) is 4.70. The van der Waals surface area contributed by atoms with E-state index in [-0.39, 0.29) is 17.6 Å². The molecule has 1 aromatic heterocycles. The van der Waals surface area contributed by atoms with Crippen molar-refractivity contribution in [2.45, 2.75) is 19.8 Å². The lowest BCUT2D eigenvalue weighted by molar-refractivity contribution is 0.0634. The van der Waals surface area contributed by atoms with E-state index in [2.05, 4.69) is 9.88 Å². The molecule has 1 N–H and O–H groups in total. The van der Waals surface area contributed by atoms with Gasteiger partial charge in [0.25, 0.3) is 5.91 Å². The van der Waals surface area contributed by atoms with Crippen molar-refractivity contribution < 1.29 is 17.7 Å². The Hall–Kier alpha value is -2.19. The fourth-order valence-corrected chi connectivity index (χ4v) is 3.62. The first-order valence-corrected chi connectivity index (χ1v) is 10.5. The van der Waals surface area contributed by atoms with E-state index in [1.165, 1.54) is 0 Å². The molecule has 1 unspecified atom stereocenters. The smallest absolute Gasteiger partial charge is 0.292 e. The number of rotatable bonds is 5. The lowest BCUT2D eigenvalue weighted by atomic mass is 9.98. The van der Waals surface area contributed by atoms with Crippen molar-refractivity contribution in [2.75, 3.05) is 25.9 Å². The molecule has 2 heterocycles. The summed E-state index contributed by atoms with van der Waals surface area (Å²) in [5.74, 6) is 0.0964. The van der Waals surface area contributed by atoms with Crippen LogP contribution in [-0.2, 0) is 10.0 Å². The lowest BCUT2D eigenvalue weighted by Crippen LogP contribution is -2.43. The Morgan fingerprint density at radius 1 is 1.35 bits per heavy atom. The van der Waals surface area contributed by atoms with Crippen LogP contribution in [0.5, 0.6) is 0 Å². The molecule has 1 amide bonds. The molecule has 26 heavy (non-hydrogen) atoms. The summed E-state index contributed by atoms with van der Waals surface area (Å²) in [6.45, 7) is 3.48. The molecule has 0 bridgehead atoms. The second-order valence-corrected chi connectivity index (χ2v) is 8.66. The summed E-state index contributed by atoms with van der Waals surface area (Å²) in [5.41, 5.74) is 2.67. The van der Waals surface area contributed by atoms with E-state index in [4.69, 9.17) is 4.52 Å². The van der Waals surface area contributed by atoms with Gasteiger partial charge >= 0.3 is 0 Å². The number of likely N-dealkylation sites (tertiary alicyclic amines) is 1. The zero-order chi connectivity index (χ0) is 18.7. The number of amides is 1. The zero-order valence-electron chi connectivity index (χ0n) is 14.9. The highest BCUT2D eigenvalue weighted by molar-refractivity contribution is 7.88. The van der Waals surface area contributed by atoms with Gasteiger partial charge in [-0.1, -0.05) is 35.0 Å². The first-order chi connectivity index (χ1) is 12.3. The minimum absolute atomic E-state index is 0.0990. The Morgan fingerprint density at radius 3 is 2.77 bits per heavy atom. The number of aromatic nitrogens is 1. The van der Waals surface area contributed by atoms with Gasteiger partial charge in [-0.25, -0.2) is 13.1 Å². The Kier molecular flexibility index (Phi) is 5.43. The Labute approximate surface area is 153 Å². The standard InChI is InChI=1S/C18H23N3O4S/c1-13-5-7-15(8-6-13)16-10-17(25-20-16)18(22)21-9-3-4-14(12-21)11-19-26(2,23)24/h5-8,10,14,19H,3-4,9,11-12H2,1-2H3. The van der Waals surface area contributed by atoms with E-state index in [1.807, 2.05) is 31.2 Å². The second kappa shape index (κ2) is 7.59. The van der Waals surface area contributed by atoms with Gasteiger partial charge in [0.2, 0.25) is 15.8 Å². The van der Waals surface area contributed by atoms with Gasteiger partial charge in [0.1, 0.15) is 5.69 Å². The van der Waals surface area contributed by atoms with Gasteiger partial charge in [0.05, 0.1) is 6.26 Å². The van der Waals surface area contributed by atoms with Gasteiger partial charge in [-0.05, 0) is 25.7 Å². The SMILES string of the molecule is Cc1ccc(-c2cc(C(=O)N3CCCC(CNS(C)(=O)=O)C3)on2)cc1. The maximum atomic E-state index is 12.7. The number of nitrogens with one attached hydrogen (secondary N) is 1. The van der Waals surface area contributed by atoms with E-state index >= 15 is 0 Å². The predicted octanol–water partition coefficient (Wildman–Crippen LogP) is 2.05. The van der Waals surface area contributed by atoms with Crippen LogP contribution in [0.15, 0.2) is 34.9 Å². The molecule has 1 atom stereocenters. The molecule has 1 aliphatic heterocycles. The van der Waals surface area contributed by atoms with Crippen LogP contribution < -0.4 is 4.72 Å². The largest absolute Gasteiger partial charge is 0.350 e. The van der Waals surface area contributed by atoms with Crippen molar-refractivity contribution >= 4 is 15.9 Å². The molecule has 1 saturated heterocycles. The van der Waals surface area contributed by atoms with Crippen molar-refractivity contribution in [1.82, 2.24) is 14.8 Å². The number of hydrogen-bond acceptors (Lipinski definition) is 5. The van der Waals surface area contributed by atoms with E-state index in [0.29, 0.717) is 25.3 Å². The average Bonchev–Trinajstić information content (AvgIpc) is 3.10. The zero-order valence-corrected chi connectivity index (χ0v) is 15.8. The van der Waals surface area contributed by atoms with Crippen LogP contribution in [-0.4, -0.2) is 50.3 Å². The third-order valence-corrected chi connectivity index (χ3v) is 5.20. The number of carbonyl (C=O) groups is 1. The van der Waals surface area contributed by atoms with Crippen LogP contribution in [0.2, 0.25) is 0 Å². The summed E-state index contributed by atoms with van der Waals surface area (Å²) in [7, 11) is -3.23. The summed E-state index contributed by atoms with van der Waals surface area (Å²) in [6, 6.07) is 9.50. The number of sulfonamides is 1. The fraction of sp³-hybridized carbons (Fsp3) is 0.444. The van der Waals surface area contributed by atoms with Gasteiger partial charge in [0.15, 0.2) is 0 Å². The first-order valence-electron chi connectivity index (χ1n) is 8.59. The molecule has 3 rings (SSSR count). The number of carbonyl (C=O) groups excluding carboxylic acids is 1. The quantitative estimate of drug-likeness (QED) is 0.861. The van der Waals surface area contributed by atoms with E-state index in [9.17, 15) is 13.2 Å². The van der Waals surface area contributed by atoms with Gasteiger partial charge < -0.3 is 9.42 Å². The monoisotopic (exact) mass is 377 g/mol. The Bertz CT molecular complexity index is 874. The molecule has 140 valence electrons. The summed E-state index contributed by atoms with van der Waals surface area (Å²) < 4.78 is 30.3. The topological polar surface area (TPSA) is 92.5 Å². The highest BCUT2D eigenvalue weighted by Crippen LogP contribution is 2.22. The highest BCUT2D eigenvalue weighted by Gasteiger charge is 2.27. The highest BCUT2D eigenvalue weighted by atomic mass is 32.2.